The van der Waals surface area contributed by atoms with E-state index in [0.717, 1.165) is 0 Å². The van der Waals surface area contributed by atoms with Crippen LogP contribution in [0.3, 0.4) is 0 Å². The van der Waals surface area contributed by atoms with Crippen molar-refractivity contribution in [1.82, 2.24) is 5.32 Å². The molecular weight excluding hydrogens is 567 g/mol. The monoisotopic (exact) mass is 576 g/mol. The minimum absolute atomic E-state index is 0.0722. The van der Waals surface area contributed by atoms with E-state index in [0.29, 0.717) is 15.1 Å². The van der Waals surface area contributed by atoms with Gasteiger partial charge in [-0.1, -0.05) is 29.3 Å². The molecule has 0 aromatic heterocycles. The molecule has 12 heteroatoms. The molecule has 2 atom stereocenters. The number of hydrogen-bond acceptors (Lipinski definition) is 2. The second-order valence-electron chi connectivity index (χ2n) is 6.79. The Morgan fingerprint density at radius 3 is 2.32 bits per heavy atom. The van der Waals surface area contributed by atoms with Gasteiger partial charge in [-0.3, -0.25) is 9.59 Å². The quantitative estimate of drug-likeness (QED) is 0.394. The summed E-state index contributed by atoms with van der Waals surface area (Å²) in [4.78, 5) is 24.8. The summed E-state index contributed by atoms with van der Waals surface area (Å²) < 4.78 is 36.3. The summed E-state index contributed by atoms with van der Waals surface area (Å²) in [5.74, 6) is -2.86. The third-order valence-corrected chi connectivity index (χ3v) is 7.05. The fraction of sp³-hybridized carbons (Fsp3) is 0.263. The summed E-state index contributed by atoms with van der Waals surface area (Å²) in [7, 11) is 0. The maximum absolute atomic E-state index is 12.7. The van der Waals surface area contributed by atoms with Gasteiger partial charge in [-0.15, -0.1) is 23.2 Å². The number of hydrogen-bond donors (Lipinski definition) is 2. The zero-order valence-electron chi connectivity index (χ0n) is 15.2. The fourth-order valence-corrected chi connectivity index (χ4v) is 4.59. The number of alkyl halides is 5. The fourth-order valence-electron chi connectivity index (χ4n) is 3.05. The molecule has 0 spiro atoms. The Labute approximate surface area is 203 Å². The first kappa shape index (κ1) is 24.5. The average molecular weight is 579 g/mol. The van der Waals surface area contributed by atoms with Crippen LogP contribution in [0.1, 0.15) is 21.8 Å². The minimum Gasteiger partial charge on any atom is -0.343 e. The molecule has 1 aliphatic rings. The third kappa shape index (κ3) is 5.60. The molecule has 2 N–H and O–H groups in total. The lowest BCUT2D eigenvalue weighted by Gasteiger charge is -2.11. The molecule has 4 nitrogen and oxygen atoms in total. The Kier molecular flexibility index (Phi) is 7.08. The molecule has 1 saturated carbocycles. The lowest BCUT2D eigenvalue weighted by Crippen LogP contribution is -2.33. The number of rotatable bonds is 5. The van der Waals surface area contributed by atoms with Crippen molar-refractivity contribution in [2.45, 2.75) is 16.4 Å². The molecule has 0 heterocycles. The van der Waals surface area contributed by atoms with Crippen LogP contribution >= 0.6 is 62.3 Å². The maximum Gasteiger partial charge on any atom is 0.405 e. The number of halogens is 8. The van der Waals surface area contributed by atoms with Gasteiger partial charge < -0.3 is 10.6 Å². The van der Waals surface area contributed by atoms with Crippen molar-refractivity contribution in [3.8, 4) is 0 Å². The number of carbonyl (C=O) groups is 2. The lowest BCUT2D eigenvalue weighted by atomic mass is 10.1. The van der Waals surface area contributed by atoms with E-state index >= 15 is 0 Å². The molecule has 2 aromatic carbocycles. The molecule has 1 aliphatic carbocycles. The maximum atomic E-state index is 12.7. The van der Waals surface area contributed by atoms with Crippen LogP contribution in [0.25, 0.3) is 0 Å². The predicted octanol–water partition coefficient (Wildman–Crippen LogP) is 6.57. The number of anilines is 1. The Hall–Kier alpha value is -1.19. The Balaban J connectivity index is 1.74. The number of benzene rings is 2. The number of nitrogens with one attached hydrogen (secondary N) is 2. The standard InChI is InChI=1S/C19H12BrCl4F3N2O2/c20-11-5-8(1-3-13(11)22)14-15(19(14,23)24)17(31)29-9-2-4-12(21)10(6-9)16(30)28-7-18(25,26)27/h1-6,14-15H,7H2,(H,28,30)(H,29,31)/t14-,15+/m0/s1. The van der Waals surface area contributed by atoms with Crippen LogP contribution in [0.2, 0.25) is 10.0 Å². The Bertz CT molecular complexity index is 1050. The van der Waals surface area contributed by atoms with Gasteiger partial charge in [0.05, 0.1) is 21.5 Å². The molecule has 2 aromatic rings. The van der Waals surface area contributed by atoms with E-state index in [1.54, 1.807) is 23.5 Å². The molecule has 0 bridgehead atoms. The van der Waals surface area contributed by atoms with Crippen LogP contribution in [-0.2, 0) is 4.79 Å². The van der Waals surface area contributed by atoms with Gasteiger partial charge in [0.25, 0.3) is 5.91 Å². The molecule has 1 fully saturated rings. The molecule has 31 heavy (non-hydrogen) atoms. The summed E-state index contributed by atoms with van der Waals surface area (Å²) in [5.41, 5.74) is 0.629. The zero-order chi connectivity index (χ0) is 23.1. The minimum atomic E-state index is -4.57. The van der Waals surface area contributed by atoms with Crippen molar-refractivity contribution in [3.63, 3.8) is 0 Å². The van der Waals surface area contributed by atoms with E-state index in [1.807, 2.05) is 0 Å². The summed E-state index contributed by atoms with van der Waals surface area (Å²) in [6, 6.07) is 8.92. The van der Waals surface area contributed by atoms with Gasteiger partial charge in [-0.2, -0.15) is 13.2 Å². The first-order valence-corrected chi connectivity index (χ1v) is 10.9. The van der Waals surface area contributed by atoms with Gasteiger partial charge in [0.2, 0.25) is 5.91 Å². The van der Waals surface area contributed by atoms with Gasteiger partial charge in [0.15, 0.2) is 0 Å². The van der Waals surface area contributed by atoms with Crippen LogP contribution in [0.15, 0.2) is 40.9 Å². The lowest BCUT2D eigenvalue weighted by molar-refractivity contribution is -0.123. The average Bonchev–Trinajstić information content (AvgIpc) is 3.25. The highest BCUT2D eigenvalue weighted by Crippen LogP contribution is 2.65. The van der Waals surface area contributed by atoms with Crippen LogP contribution in [0, 0.1) is 5.92 Å². The smallest absolute Gasteiger partial charge is 0.343 e. The van der Waals surface area contributed by atoms with E-state index in [-0.39, 0.29) is 16.3 Å². The van der Waals surface area contributed by atoms with E-state index in [1.165, 1.54) is 18.2 Å². The highest BCUT2D eigenvalue weighted by molar-refractivity contribution is 9.10. The summed E-state index contributed by atoms with van der Waals surface area (Å²) in [6.07, 6.45) is -4.57. The van der Waals surface area contributed by atoms with Crippen LogP contribution < -0.4 is 10.6 Å². The SMILES string of the molecule is O=C(NCC(F)(F)F)c1cc(NC(=O)[C@H]2[C@H](c3ccc(Cl)c(Br)c3)C2(Cl)Cl)ccc1Cl. The third-order valence-electron chi connectivity index (χ3n) is 4.57. The van der Waals surface area contributed by atoms with Gasteiger partial charge in [0, 0.05) is 16.1 Å². The first-order chi connectivity index (χ1) is 14.3. The van der Waals surface area contributed by atoms with Crippen LogP contribution in [0.5, 0.6) is 0 Å². The Morgan fingerprint density at radius 1 is 1.06 bits per heavy atom. The summed E-state index contributed by atoms with van der Waals surface area (Å²) >= 11 is 27.8. The molecule has 0 aliphatic heterocycles. The first-order valence-electron chi connectivity index (χ1n) is 8.59. The van der Waals surface area contributed by atoms with E-state index in [4.69, 9.17) is 46.4 Å². The van der Waals surface area contributed by atoms with Gasteiger partial charge in [-0.05, 0) is 51.8 Å². The number of amides is 2. The van der Waals surface area contributed by atoms with Crippen LogP contribution in [-0.4, -0.2) is 28.9 Å². The van der Waals surface area contributed by atoms with Crippen molar-refractivity contribution in [3.05, 3.63) is 62.0 Å². The molecule has 0 radical (unpaired) electrons. The van der Waals surface area contributed by atoms with Crippen molar-refractivity contribution in [1.29, 1.82) is 0 Å². The molecular formula is C19H12BrCl4F3N2O2. The van der Waals surface area contributed by atoms with Crippen molar-refractivity contribution in [2.24, 2.45) is 5.92 Å². The van der Waals surface area contributed by atoms with E-state index < -0.39 is 40.7 Å². The highest BCUT2D eigenvalue weighted by atomic mass is 79.9. The zero-order valence-corrected chi connectivity index (χ0v) is 19.8. The normalized spacial score (nSPS) is 19.6. The Morgan fingerprint density at radius 2 is 1.71 bits per heavy atom. The van der Waals surface area contributed by atoms with Crippen molar-refractivity contribution >= 4 is 79.8 Å². The highest BCUT2D eigenvalue weighted by Gasteiger charge is 2.67. The predicted molar refractivity (Wildman–Crippen MR) is 118 cm³/mol. The molecule has 2 amide bonds. The van der Waals surface area contributed by atoms with Crippen molar-refractivity contribution < 1.29 is 22.8 Å². The van der Waals surface area contributed by atoms with E-state index in [2.05, 4.69) is 21.2 Å². The van der Waals surface area contributed by atoms with E-state index in [9.17, 15) is 22.8 Å². The largest absolute Gasteiger partial charge is 0.405 e. The van der Waals surface area contributed by atoms with Gasteiger partial charge in [-0.25, -0.2) is 0 Å². The second kappa shape index (κ2) is 8.98. The summed E-state index contributed by atoms with van der Waals surface area (Å²) in [5, 5.41) is 4.71. The molecule has 3 rings (SSSR count). The van der Waals surface area contributed by atoms with Crippen molar-refractivity contribution in [2.75, 3.05) is 11.9 Å². The van der Waals surface area contributed by atoms with Crippen LogP contribution in [0.4, 0.5) is 18.9 Å². The number of carbonyl (C=O) groups excluding carboxylic acids is 2. The van der Waals surface area contributed by atoms with Gasteiger partial charge >= 0.3 is 6.18 Å². The topological polar surface area (TPSA) is 58.2 Å². The molecule has 0 saturated heterocycles. The molecule has 0 unspecified atom stereocenters. The second-order valence-corrected chi connectivity index (χ2v) is 9.90. The van der Waals surface area contributed by atoms with Gasteiger partial charge in [0.1, 0.15) is 10.9 Å². The molecule has 166 valence electrons. The summed E-state index contributed by atoms with van der Waals surface area (Å²) in [6.45, 7) is -1.51.